The van der Waals surface area contributed by atoms with Crippen LogP contribution in [0.4, 0.5) is 4.79 Å². The first kappa shape index (κ1) is 17.0. The third-order valence-corrected chi connectivity index (χ3v) is 5.32. The van der Waals surface area contributed by atoms with E-state index in [-0.39, 0.29) is 11.9 Å². The lowest BCUT2D eigenvalue weighted by atomic mass is 9.98. The average molecular weight is 373 g/mol. The number of rotatable bonds is 3. The highest BCUT2D eigenvalue weighted by Gasteiger charge is 2.29. The molecule has 6 nitrogen and oxygen atoms in total. The molecule has 0 atom stereocenters. The van der Waals surface area contributed by atoms with Crippen molar-refractivity contribution >= 4 is 23.5 Å². The van der Waals surface area contributed by atoms with Crippen LogP contribution in [0.15, 0.2) is 41.7 Å². The Labute approximate surface area is 157 Å². The standard InChI is InChI=1S/C19H21ClN4O2/c1-22-6-7-23(19(22)26)12-13-8-16(11-21-10-13)24-5-4-14-9-15(20)2-3-17(14)18(24)25/h2-3,8-9,11,21H,4-7,10,12H2,1H3. The van der Waals surface area contributed by atoms with Crippen LogP contribution in [0, 0.1) is 0 Å². The summed E-state index contributed by atoms with van der Waals surface area (Å²) < 4.78 is 0. The van der Waals surface area contributed by atoms with E-state index in [2.05, 4.69) is 5.32 Å². The second-order valence-corrected chi connectivity index (χ2v) is 7.32. The Morgan fingerprint density at radius 1 is 1.19 bits per heavy atom. The molecule has 3 heterocycles. The molecule has 1 saturated heterocycles. The molecule has 1 aromatic rings. The van der Waals surface area contributed by atoms with Gasteiger partial charge in [0.1, 0.15) is 0 Å². The average Bonchev–Trinajstić information content (AvgIpc) is 2.94. The second-order valence-electron chi connectivity index (χ2n) is 6.89. The van der Waals surface area contributed by atoms with Crippen LogP contribution in [0.1, 0.15) is 15.9 Å². The molecule has 136 valence electrons. The van der Waals surface area contributed by atoms with Crippen LogP contribution < -0.4 is 5.32 Å². The molecule has 0 radical (unpaired) electrons. The molecular formula is C19H21ClN4O2. The zero-order chi connectivity index (χ0) is 18.3. The first-order valence-corrected chi connectivity index (χ1v) is 9.14. The van der Waals surface area contributed by atoms with Crippen LogP contribution in [0.5, 0.6) is 0 Å². The topological polar surface area (TPSA) is 55.9 Å². The van der Waals surface area contributed by atoms with Crippen LogP contribution in [-0.2, 0) is 6.42 Å². The maximum absolute atomic E-state index is 12.9. The SMILES string of the molecule is CN1CCN(CC2=CC(N3CCc4cc(Cl)ccc4C3=O)=CNC2)C1=O. The minimum Gasteiger partial charge on any atom is -0.385 e. The molecule has 4 rings (SSSR count). The smallest absolute Gasteiger partial charge is 0.320 e. The van der Waals surface area contributed by atoms with Gasteiger partial charge in [-0.05, 0) is 41.8 Å². The zero-order valence-corrected chi connectivity index (χ0v) is 15.4. The molecule has 3 aliphatic heterocycles. The van der Waals surface area contributed by atoms with Gasteiger partial charge in [0.25, 0.3) is 5.91 Å². The lowest BCUT2D eigenvalue weighted by Gasteiger charge is -2.31. The molecule has 0 spiro atoms. The Bertz CT molecular complexity index is 833. The van der Waals surface area contributed by atoms with Crippen molar-refractivity contribution in [1.82, 2.24) is 20.0 Å². The van der Waals surface area contributed by atoms with Gasteiger partial charge in [-0.3, -0.25) is 4.79 Å². The number of nitrogens with zero attached hydrogens (tertiary/aromatic N) is 3. The molecule has 0 aliphatic carbocycles. The van der Waals surface area contributed by atoms with Crippen molar-refractivity contribution in [1.29, 1.82) is 0 Å². The Morgan fingerprint density at radius 3 is 2.81 bits per heavy atom. The lowest BCUT2D eigenvalue weighted by Crippen LogP contribution is -2.39. The van der Waals surface area contributed by atoms with E-state index in [9.17, 15) is 9.59 Å². The fourth-order valence-corrected chi connectivity index (χ4v) is 3.84. The molecule has 1 aromatic carbocycles. The molecule has 1 N–H and O–H groups in total. The first-order valence-electron chi connectivity index (χ1n) is 8.76. The van der Waals surface area contributed by atoms with Gasteiger partial charge in [-0.1, -0.05) is 11.6 Å². The van der Waals surface area contributed by atoms with Gasteiger partial charge in [-0.25, -0.2) is 4.79 Å². The third kappa shape index (κ3) is 3.05. The number of allylic oxidation sites excluding steroid dienone is 1. The number of carbonyl (C=O) groups excluding carboxylic acids is 2. The Hall–Kier alpha value is -2.47. The molecule has 1 fully saturated rings. The number of halogens is 1. The number of likely N-dealkylation sites (N-methyl/N-ethyl adjacent to an activating group) is 1. The summed E-state index contributed by atoms with van der Waals surface area (Å²) in [6.07, 6.45) is 4.68. The maximum Gasteiger partial charge on any atom is 0.320 e. The fraction of sp³-hybridized carbons (Fsp3) is 0.368. The van der Waals surface area contributed by atoms with Crippen molar-refractivity contribution in [2.24, 2.45) is 0 Å². The van der Waals surface area contributed by atoms with Gasteiger partial charge in [0.15, 0.2) is 0 Å². The molecule has 7 heteroatoms. The molecule has 26 heavy (non-hydrogen) atoms. The largest absolute Gasteiger partial charge is 0.385 e. The maximum atomic E-state index is 12.9. The molecule has 3 amide bonds. The van der Waals surface area contributed by atoms with Crippen molar-refractivity contribution in [2.45, 2.75) is 6.42 Å². The molecule has 0 saturated carbocycles. The van der Waals surface area contributed by atoms with E-state index in [4.69, 9.17) is 11.6 Å². The second kappa shape index (κ2) is 6.68. The number of carbonyl (C=O) groups is 2. The monoisotopic (exact) mass is 372 g/mol. The summed E-state index contributed by atoms with van der Waals surface area (Å²) >= 11 is 6.04. The summed E-state index contributed by atoms with van der Waals surface area (Å²) in [4.78, 5) is 30.3. The van der Waals surface area contributed by atoms with Crippen molar-refractivity contribution in [3.8, 4) is 0 Å². The lowest BCUT2D eigenvalue weighted by molar-refractivity contribution is 0.0795. The van der Waals surface area contributed by atoms with Crippen molar-refractivity contribution in [3.05, 3.63) is 57.9 Å². The summed E-state index contributed by atoms with van der Waals surface area (Å²) in [6, 6.07) is 5.48. The first-order chi connectivity index (χ1) is 12.5. The third-order valence-electron chi connectivity index (χ3n) is 5.09. The van der Waals surface area contributed by atoms with Crippen LogP contribution in [0.2, 0.25) is 5.02 Å². The van der Waals surface area contributed by atoms with Gasteiger partial charge in [-0.2, -0.15) is 0 Å². The quantitative estimate of drug-likeness (QED) is 0.883. The Morgan fingerprint density at radius 2 is 2.04 bits per heavy atom. The minimum atomic E-state index is -0.00884. The fourth-order valence-electron chi connectivity index (χ4n) is 3.64. The van der Waals surface area contributed by atoms with Gasteiger partial charge in [-0.15, -0.1) is 0 Å². The number of urea groups is 1. The summed E-state index contributed by atoms with van der Waals surface area (Å²) in [5.41, 5.74) is 3.65. The summed E-state index contributed by atoms with van der Waals surface area (Å²) in [5.74, 6) is -0.00884. The normalized spacial score (nSPS) is 20.0. The van der Waals surface area contributed by atoms with Crippen LogP contribution >= 0.6 is 11.6 Å². The molecular weight excluding hydrogens is 352 g/mol. The number of nitrogens with one attached hydrogen (secondary N) is 1. The summed E-state index contributed by atoms with van der Waals surface area (Å²) in [6.45, 7) is 3.39. The van der Waals surface area contributed by atoms with Crippen LogP contribution in [-0.4, -0.2) is 66.4 Å². The van der Waals surface area contributed by atoms with Crippen molar-refractivity contribution in [2.75, 3.05) is 39.8 Å². The molecule has 0 aromatic heterocycles. The van der Waals surface area contributed by atoms with E-state index >= 15 is 0 Å². The Balaban J connectivity index is 1.52. The number of benzene rings is 1. The van der Waals surface area contributed by atoms with Gasteiger partial charge in [0.2, 0.25) is 0 Å². The molecule has 0 bridgehead atoms. The summed E-state index contributed by atoms with van der Waals surface area (Å²) in [5, 5.41) is 3.90. The number of fused-ring (bicyclic) bond motifs is 1. The van der Waals surface area contributed by atoms with Gasteiger partial charge >= 0.3 is 6.03 Å². The molecule has 0 unspecified atom stereocenters. The molecule has 3 aliphatic rings. The van der Waals surface area contributed by atoms with E-state index in [1.165, 1.54) is 0 Å². The van der Waals surface area contributed by atoms with E-state index in [0.717, 1.165) is 36.3 Å². The predicted molar refractivity (Wildman–Crippen MR) is 100.0 cm³/mol. The van der Waals surface area contributed by atoms with Crippen LogP contribution in [0.25, 0.3) is 0 Å². The number of hydrogen-bond donors (Lipinski definition) is 1. The van der Waals surface area contributed by atoms with Gasteiger partial charge in [0.05, 0.1) is 5.70 Å². The Kier molecular flexibility index (Phi) is 4.36. The van der Waals surface area contributed by atoms with Crippen molar-refractivity contribution in [3.63, 3.8) is 0 Å². The zero-order valence-electron chi connectivity index (χ0n) is 14.7. The minimum absolute atomic E-state index is 0.00884. The summed E-state index contributed by atoms with van der Waals surface area (Å²) in [7, 11) is 1.82. The van der Waals surface area contributed by atoms with E-state index in [1.54, 1.807) is 21.9 Å². The highest BCUT2D eigenvalue weighted by atomic mass is 35.5. The van der Waals surface area contributed by atoms with E-state index < -0.39 is 0 Å². The van der Waals surface area contributed by atoms with E-state index in [0.29, 0.717) is 30.2 Å². The number of dihydropyridines is 1. The predicted octanol–water partition coefficient (Wildman–Crippen LogP) is 2.08. The highest BCUT2D eigenvalue weighted by molar-refractivity contribution is 6.30. The number of amides is 3. The van der Waals surface area contributed by atoms with Crippen LogP contribution in [0.3, 0.4) is 0 Å². The van der Waals surface area contributed by atoms with Crippen molar-refractivity contribution < 1.29 is 9.59 Å². The highest BCUT2D eigenvalue weighted by Crippen LogP contribution is 2.26. The van der Waals surface area contributed by atoms with Gasteiger partial charge < -0.3 is 20.0 Å². The number of hydrogen-bond acceptors (Lipinski definition) is 3. The van der Waals surface area contributed by atoms with E-state index in [1.807, 2.05) is 30.3 Å². The van der Waals surface area contributed by atoms with Gasteiger partial charge in [0, 0.05) is 56.6 Å².